The predicted octanol–water partition coefficient (Wildman–Crippen LogP) is 0.192. The Balaban J connectivity index is 2.29. The molecule has 0 aromatic rings. The summed E-state index contributed by atoms with van der Waals surface area (Å²) in [5, 5.41) is 0. The minimum atomic E-state index is -3.53. The van der Waals surface area contributed by atoms with E-state index in [-0.39, 0.29) is 13.0 Å². The molecule has 1 saturated heterocycles. The first kappa shape index (κ1) is 18.3. The topological polar surface area (TPSA) is 78.9 Å². The van der Waals surface area contributed by atoms with Crippen LogP contribution >= 0.6 is 0 Å². The van der Waals surface area contributed by atoms with Gasteiger partial charge in [-0.25, -0.2) is 4.72 Å². The highest BCUT2D eigenvalue weighted by atomic mass is 32.2. The van der Waals surface area contributed by atoms with E-state index >= 15 is 0 Å². The normalized spacial score (nSPS) is 17.7. The van der Waals surface area contributed by atoms with Gasteiger partial charge in [0.05, 0.1) is 13.5 Å². The number of hydrogen-bond acceptors (Lipinski definition) is 5. The summed E-state index contributed by atoms with van der Waals surface area (Å²) < 4.78 is 32.2. The number of esters is 1. The van der Waals surface area contributed by atoms with Crippen LogP contribution in [0.1, 0.15) is 32.1 Å². The summed E-state index contributed by atoms with van der Waals surface area (Å²) in [5.74, 6) is -0.415. The lowest BCUT2D eigenvalue weighted by Crippen LogP contribution is -2.42. The number of carbonyl (C=O) groups excluding carboxylic acids is 1. The van der Waals surface area contributed by atoms with Crippen molar-refractivity contribution >= 4 is 16.2 Å². The van der Waals surface area contributed by atoms with Crippen LogP contribution in [-0.2, 0) is 19.7 Å². The lowest BCUT2D eigenvalue weighted by atomic mass is 10.2. The Morgan fingerprint density at radius 1 is 1.24 bits per heavy atom. The second-order valence-corrected chi connectivity index (χ2v) is 7.17. The summed E-state index contributed by atoms with van der Waals surface area (Å²) in [7, 11) is -0.782. The van der Waals surface area contributed by atoms with Crippen LogP contribution in [0.5, 0.6) is 0 Å². The molecule has 0 atom stereocenters. The number of likely N-dealkylation sites (tertiary alicyclic amines) is 1. The predicted molar refractivity (Wildman–Crippen MR) is 81.1 cm³/mol. The molecule has 7 nitrogen and oxygen atoms in total. The lowest BCUT2D eigenvalue weighted by Gasteiger charge is -2.21. The molecule has 0 bridgehead atoms. The number of ether oxygens (including phenoxy) is 1. The first-order chi connectivity index (χ1) is 9.95. The average Bonchev–Trinajstić information content (AvgIpc) is 2.72. The van der Waals surface area contributed by atoms with E-state index in [9.17, 15) is 13.2 Å². The molecule has 0 aliphatic carbocycles. The SMILES string of the molecule is COC(=O)CCN(C)S(=O)(=O)NCCN1CCCCCC1. The Morgan fingerprint density at radius 2 is 1.86 bits per heavy atom. The van der Waals surface area contributed by atoms with Gasteiger partial charge < -0.3 is 9.64 Å². The van der Waals surface area contributed by atoms with Crippen LogP contribution in [0.4, 0.5) is 0 Å². The van der Waals surface area contributed by atoms with Crippen molar-refractivity contribution < 1.29 is 17.9 Å². The van der Waals surface area contributed by atoms with Gasteiger partial charge in [-0.2, -0.15) is 12.7 Å². The van der Waals surface area contributed by atoms with Crippen LogP contribution in [0.2, 0.25) is 0 Å². The third-order valence-corrected chi connectivity index (χ3v) is 5.25. The number of methoxy groups -OCH3 is 1. The molecule has 0 aromatic heterocycles. The minimum Gasteiger partial charge on any atom is -0.469 e. The fraction of sp³-hybridized carbons (Fsp3) is 0.923. The van der Waals surface area contributed by atoms with Crippen molar-refractivity contribution in [3.8, 4) is 0 Å². The first-order valence-corrected chi connectivity index (χ1v) is 8.90. The van der Waals surface area contributed by atoms with E-state index in [1.54, 1.807) is 0 Å². The largest absolute Gasteiger partial charge is 0.469 e. The van der Waals surface area contributed by atoms with Crippen molar-refractivity contribution in [1.29, 1.82) is 0 Å². The van der Waals surface area contributed by atoms with E-state index in [4.69, 9.17) is 0 Å². The van der Waals surface area contributed by atoms with Gasteiger partial charge in [0, 0.05) is 26.7 Å². The summed E-state index contributed by atoms with van der Waals surface area (Å²) in [6.45, 7) is 3.32. The number of carbonyl (C=O) groups is 1. The highest BCUT2D eigenvalue weighted by Crippen LogP contribution is 2.08. The van der Waals surface area contributed by atoms with Gasteiger partial charge in [-0.3, -0.25) is 4.79 Å². The maximum Gasteiger partial charge on any atom is 0.306 e. The average molecular weight is 321 g/mol. The van der Waals surface area contributed by atoms with Crippen molar-refractivity contribution in [3.05, 3.63) is 0 Å². The monoisotopic (exact) mass is 321 g/mol. The summed E-state index contributed by atoms with van der Waals surface area (Å²) in [5.41, 5.74) is 0. The minimum absolute atomic E-state index is 0.0556. The third kappa shape index (κ3) is 7.21. The molecular formula is C13H27N3O4S. The van der Waals surface area contributed by atoms with Crippen molar-refractivity contribution in [2.45, 2.75) is 32.1 Å². The molecule has 1 aliphatic rings. The Hall–Kier alpha value is -0.700. The van der Waals surface area contributed by atoms with Crippen LogP contribution in [-0.4, -0.2) is 70.5 Å². The van der Waals surface area contributed by atoms with Gasteiger partial charge in [-0.15, -0.1) is 0 Å². The van der Waals surface area contributed by atoms with Gasteiger partial charge in [-0.1, -0.05) is 12.8 Å². The zero-order chi connectivity index (χ0) is 15.7. The fourth-order valence-electron chi connectivity index (χ4n) is 2.27. The van der Waals surface area contributed by atoms with E-state index in [0.29, 0.717) is 6.54 Å². The van der Waals surface area contributed by atoms with E-state index in [0.717, 1.165) is 23.9 Å². The molecule has 0 radical (unpaired) electrons. The van der Waals surface area contributed by atoms with E-state index in [2.05, 4.69) is 14.4 Å². The van der Waals surface area contributed by atoms with Crippen LogP contribution in [0, 0.1) is 0 Å². The quantitative estimate of drug-likeness (QED) is 0.646. The first-order valence-electron chi connectivity index (χ1n) is 7.46. The van der Waals surface area contributed by atoms with Gasteiger partial charge in [0.25, 0.3) is 10.2 Å². The lowest BCUT2D eigenvalue weighted by molar-refractivity contribution is -0.140. The molecule has 1 fully saturated rings. The molecule has 1 heterocycles. The Labute approximate surface area is 127 Å². The van der Waals surface area contributed by atoms with Crippen LogP contribution in [0.3, 0.4) is 0 Å². The third-order valence-electron chi connectivity index (χ3n) is 3.68. The van der Waals surface area contributed by atoms with Gasteiger partial charge in [0.15, 0.2) is 0 Å². The Bertz CT molecular complexity index is 406. The summed E-state index contributed by atoms with van der Waals surface area (Å²) >= 11 is 0. The second-order valence-electron chi connectivity index (χ2n) is 5.30. The smallest absolute Gasteiger partial charge is 0.306 e. The summed E-state index contributed by atoms with van der Waals surface area (Å²) in [4.78, 5) is 13.3. The summed E-state index contributed by atoms with van der Waals surface area (Å²) in [6.07, 6.45) is 4.95. The van der Waals surface area contributed by atoms with Crippen molar-refractivity contribution in [2.24, 2.45) is 0 Å². The van der Waals surface area contributed by atoms with Gasteiger partial charge in [0.1, 0.15) is 0 Å². The van der Waals surface area contributed by atoms with Gasteiger partial charge >= 0.3 is 5.97 Å². The van der Waals surface area contributed by atoms with E-state index < -0.39 is 16.2 Å². The molecular weight excluding hydrogens is 294 g/mol. The number of nitrogens with zero attached hydrogens (tertiary/aromatic N) is 2. The Kier molecular flexibility index (Phi) is 8.16. The highest BCUT2D eigenvalue weighted by Gasteiger charge is 2.18. The molecule has 1 aliphatic heterocycles. The van der Waals surface area contributed by atoms with Gasteiger partial charge in [-0.05, 0) is 25.9 Å². The zero-order valence-electron chi connectivity index (χ0n) is 13.0. The molecule has 21 heavy (non-hydrogen) atoms. The molecule has 124 valence electrons. The standard InChI is InChI=1S/C13H27N3O4S/c1-15(11-7-13(17)20-2)21(18,19)14-8-12-16-9-5-3-4-6-10-16/h14H,3-12H2,1-2H3. The van der Waals surface area contributed by atoms with Crippen molar-refractivity contribution in [2.75, 3.05) is 46.9 Å². The van der Waals surface area contributed by atoms with Crippen molar-refractivity contribution in [3.63, 3.8) is 0 Å². The fourth-order valence-corrected chi connectivity index (χ4v) is 3.17. The molecule has 1 N–H and O–H groups in total. The van der Waals surface area contributed by atoms with Gasteiger partial charge in [0.2, 0.25) is 0 Å². The maximum absolute atomic E-state index is 12.0. The Morgan fingerprint density at radius 3 is 2.43 bits per heavy atom. The molecule has 8 heteroatoms. The maximum atomic E-state index is 12.0. The van der Waals surface area contributed by atoms with Crippen molar-refractivity contribution in [1.82, 2.24) is 13.9 Å². The number of nitrogens with one attached hydrogen (secondary N) is 1. The van der Waals surface area contributed by atoms with Crippen LogP contribution in [0.15, 0.2) is 0 Å². The van der Waals surface area contributed by atoms with E-state index in [1.165, 1.54) is 39.8 Å². The zero-order valence-corrected chi connectivity index (χ0v) is 13.8. The van der Waals surface area contributed by atoms with Crippen LogP contribution in [0.25, 0.3) is 0 Å². The molecule has 1 rings (SSSR count). The molecule has 0 saturated carbocycles. The molecule has 0 unspecified atom stereocenters. The highest BCUT2D eigenvalue weighted by molar-refractivity contribution is 7.87. The van der Waals surface area contributed by atoms with Crippen LogP contribution < -0.4 is 4.72 Å². The van der Waals surface area contributed by atoms with E-state index in [1.807, 2.05) is 0 Å². The summed E-state index contributed by atoms with van der Waals surface area (Å²) in [6, 6.07) is 0. The molecule has 0 spiro atoms. The number of hydrogen-bond donors (Lipinski definition) is 1. The molecule has 0 aromatic carbocycles. The second kappa shape index (κ2) is 9.34. The molecule has 0 amide bonds. The number of rotatable bonds is 8.